The van der Waals surface area contributed by atoms with Gasteiger partial charge >= 0.3 is 257 Å². The van der Waals surface area contributed by atoms with E-state index in [1.807, 2.05) is 0 Å². The van der Waals surface area contributed by atoms with Gasteiger partial charge in [-0.15, -0.1) is 0 Å². The van der Waals surface area contributed by atoms with Gasteiger partial charge in [-0.2, -0.15) is 0 Å². The number of allylic oxidation sites excluding steroid dienone is 2. The Morgan fingerprint density at radius 1 is 0.700 bits per heavy atom. The Labute approximate surface area is 254 Å². The second kappa shape index (κ2) is 11.3. The summed E-state index contributed by atoms with van der Waals surface area (Å²) in [5, 5.41) is 0. The molecule has 2 aliphatic rings. The first-order valence-electron chi connectivity index (χ1n) is 14.8. The van der Waals surface area contributed by atoms with Gasteiger partial charge in [0.15, 0.2) is 0 Å². The van der Waals surface area contributed by atoms with Crippen LogP contribution in [0.25, 0.3) is 12.2 Å². The van der Waals surface area contributed by atoms with Gasteiger partial charge in [0, 0.05) is 0 Å². The van der Waals surface area contributed by atoms with E-state index in [1.54, 1.807) is 0 Å². The van der Waals surface area contributed by atoms with Gasteiger partial charge < -0.3 is 0 Å². The molecule has 0 saturated heterocycles. The number of fused-ring (bicyclic) bond motifs is 2. The quantitative estimate of drug-likeness (QED) is 0.215. The van der Waals surface area contributed by atoms with E-state index in [0.717, 1.165) is 24.0 Å². The first-order valence-corrected chi connectivity index (χ1v) is 38.1. The number of halogens is 2. The summed E-state index contributed by atoms with van der Waals surface area (Å²) in [5.41, 5.74) is 17.5. The van der Waals surface area contributed by atoms with Crippen molar-refractivity contribution < 1.29 is 15.6 Å². The molecule has 2 aliphatic carbocycles. The first-order chi connectivity index (χ1) is 18.5. The standard InChI is InChI=1S/2C16H19Si.C2H7Si.2ClH.Zr/c2*1-5-13-11-15-8-6-7-14(16(15)12-13)9-10-17(2,3)4;1-3-2;;;/h2*6-8,11-12H,5H2,1-4H3;3H,1-2H3;2*1H;/q;;;;;+2/p-2. The maximum atomic E-state index is 8.45. The third kappa shape index (κ3) is 5.84. The summed E-state index contributed by atoms with van der Waals surface area (Å²) in [5.74, 6) is 5.59. The molecular weight excluding hydrogens is 655 g/mol. The van der Waals surface area contributed by atoms with Crippen molar-refractivity contribution in [1.29, 1.82) is 0 Å². The van der Waals surface area contributed by atoms with Gasteiger partial charge in [-0.1, -0.05) is 0 Å². The SMILES string of the molecule is CCC1=Cc2c(C#C[Si](C)(C)C)cccc2[CH]1[Zr]([Cl])([Cl])([CH]1C(CC)=Cc2c(C#C[Si](C)(C)C)cccc21)[SiH](C)C. The summed E-state index contributed by atoms with van der Waals surface area (Å²) in [7, 11) is 13.9. The fourth-order valence-electron chi connectivity index (χ4n) is 6.40. The Hall–Kier alpha value is -0.846. The van der Waals surface area contributed by atoms with Crippen LogP contribution in [0.5, 0.6) is 0 Å². The fraction of sp³-hybridized carbons (Fsp3) is 0.412. The van der Waals surface area contributed by atoms with E-state index >= 15 is 0 Å². The number of benzene rings is 2. The molecule has 40 heavy (non-hydrogen) atoms. The van der Waals surface area contributed by atoms with Crippen molar-refractivity contribution in [1.82, 2.24) is 0 Å². The van der Waals surface area contributed by atoms with Gasteiger partial charge in [0.2, 0.25) is 0 Å². The molecule has 0 saturated carbocycles. The molecule has 2 atom stereocenters. The number of hydrogen-bond donors (Lipinski definition) is 0. The summed E-state index contributed by atoms with van der Waals surface area (Å²) in [4.78, 5) is 0. The van der Waals surface area contributed by atoms with E-state index in [4.69, 9.17) is 17.0 Å². The summed E-state index contributed by atoms with van der Waals surface area (Å²) in [6.07, 6.45) is 6.72. The van der Waals surface area contributed by atoms with Crippen LogP contribution in [0.1, 0.15) is 67.3 Å². The molecule has 2 unspecified atom stereocenters. The van der Waals surface area contributed by atoms with E-state index < -0.39 is 37.6 Å². The van der Waals surface area contributed by atoms with E-state index in [0.29, 0.717) is 0 Å². The Balaban J connectivity index is 1.98. The van der Waals surface area contributed by atoms with Gasteiger partial charge in [-0.3, -0.25) is 0 Å². The summed E-state index contributed by atoms with van der Waals surface area (Å²) in [6, 6.07) is 13.3. The molecule has 6 heteroatoms. The van der Waals surface area contributed by atoms with Crippen molar-refractivity contribution >= 4 is 51.2 Å². The summed E-state index contributed by atoms with van der Waals surface area (Å²) in [6.45, 7) is 23.2. The van der Waals surface area contributed by atoms with E-state index in [-0.39, 0.29) is 7.25 Å². The molecular formula is C34H45Cl2Si3Zr. The van der Waals surface area contributed by atoms with Gasteiger partial charge in [-0.25, -0.2) is 0 Å². The minimum atomic E-state index is -4.69. The van der Waals surface area contributed by atoms with Crippen LogP contribution in [0.15, 0.2) is 47.5 Å². The van der Waals surface area contributed by atoms with Crippen LogP contribution in [0.4, 0.5) is 0 Å². The third-order valence-corrected chi connectivity index (χ3v) is 62.1. The van der Waals surface area contributed by atoms with Gasteiger partial charge in [-0.05, 0) is 0 Å². The average Bonchev–Trinajstić information content (AvgIpc) is 3.45. The van der Waals surface area contributed by atoms with Crippen LogP contribution >= 0.6 is 17.0 Å². The van der Waals surface area contributed by atoms with Gasteiger partial charge in [0.05, 0.1) is 0 Å². The van der Waals surface area contributed by atoms with Gasteiger partial charge in [0.25, 0.3) is 0 Å². The molecule has 0 bridgehead atoms. The monoisotopic (exact) mass is 697 g/mol. The Morgan fingerprint density at radius 2 is 1.07 bits per heavy atom. The second-order valence-electron chi connectivity index (χ2n) is 14.0. The summed E-state index contributed by atoms with van der Waals surface area (Å²) >= 11 is -4.69. The normalized spacial score (nSPS) is 19.4. The molecule has 4 rings (SSSR count). The van der Waals surface area contributed by atoms with Crippen LogP contribution in [-0.2, 0) is 15.6 Å². The van der Waals surface area contributed by atoms with E-state index in [9.17, 15) is 0 Å². The van der Waals surface area contributed by atoms with Crippen molar-refractivity contribution in [3.63, 3.8) is 0 Å². The molecule has 0 radical (unpaired) electrons. The zero-order valence-corrected chi connectivity index (χ0v) is 33.1. The number of hydrogen-bond acceptors (Lipinski definition) is 0. The Kier molecular flexibility index (Phi) is 9.09. The fourth-order valence-corrected chi connectivity index (χ4v) is 39.2. The van der Waals surface area contributed by atoms with Gasteiger partial charge in [0.1, 0.15) is 0 Å². The molecule has 0 spiro atoms. The second-order valence-corrected chi connectivity index (χ2v) is 66.0. The molecule has 2 aromatic rings. The molecule has 0 N–H and O–H groups in total. The molecule has 0 heterocycles. The molecule has 2 aromatic carbocycles. The first kappa shape index (κ1) is 32.1. The van der Waals surface area contributed by atoms with Crippen LogP contribution in [0.2, 0.25) is 52.4 Å². The third-order valence-electron chi connectivity index (χ3n) is 8.47. The van der Waals surface area contributed by atoms with Crippen LogP contribution in [0.3, 0.4) is 0 Å². The Bertz CT molecular complexity index is 1420. The average molecular weight is 700 g/mol. The van der Waals surface area contributed by atoms with Crippen LogP contribution in [0, 0.1) is 22.9 Å². The zero-order valence-electron chi connectivity index (χ0n) is 26.0. The predicted octanol–water partition coefficient (Wildman–Crippen LogP) is 10.5. The van der Waals surface area contributed by atoms with E-state index in [2.05, 4.69) is 138 Å². The molecule has 0 aromatic heterocycles. The maximum absolute atomic E-state index is 8.45. The van der Waals surface area contributed by atoms with Crippen molar-refractivity contribution in [3.8, 4) is 22.9 Å². The molecule has 0 fully saturated rings. The molecule has 0 amide bonds. The predicted molar refractivity (Wildman–Crippen MR) is 186 cm³/mol. The van der Waals surface area contributed by atoms with E-state index in [1.165, 1.54) is 33.4 Å². The number of rotatable bonds is 5. The zero-order chi connectivity index (χ0) is 29.7. The van der Waals surface area contributed by atoms with Crippen LogP contribution in [-0.4, -0.2) is 22.1 Å². The van der Waals surface area contributed by atoms with Crippen molar-refractivity contribution in [2.75, 3.05) is 0 Å². The molecule has 0 aliphatic heterocycles. The summed E-state index contributed by atoms with van der Waals surface area (Å²) < 4.78 is 0.236. The Morgan fingerprint density at radius 3 is 1.38 bits per heavy atom. The topological polar surface area (TPSA) is 0 Å². The van der Waals surface area contributed by atoms with Crippen molar-refractivity contribution in [2.45, 2.75) is 86.3 Å². The van der Waals surface area contributed by atoms with Crippen molar-refractivity contribution in [3.05, 3.63) is 80.9 Å². The minimum absolute atomic E-state index is 0.118. The van der Waals surface area contributed by atoms with Crippen LogP contribution < -0.4 is 0 Å². The van der Waals surface area contributed by atoms with Crippen molar-refractivity contribution in [2.24, 2.45) is 0 Å². The molecule has 0 nitrogen and oxygen atoms in total. The molecule has 211 valence electrons.